The number of benzene rings is 2. The molecule has 0 spiro atoms. The molecule has 2 saturated carbocycles. The van der Waals surface area contributed by atoms with Crippen LogP contribution < -0.4 is 10.6 Å². The second-order valence-corrected chi connectivity index (χ2v) is 10.4. The van der Waals surface area contributed by atoms with Crippen LogP contribution in [0.5, 0.6) is 0 Å². The number of hydrogen-bond donors (Lipinski definition) is 3. The second kappa shape index (κ2) is 9.76. The minimum absolute atomic E-state index is 0.0195. The fraction of sp³-hybridized carbons (Fsp3) is 0.367. The lowest BCUT2D eigenvalue weighted by atomic mass is 9.94. The van der Waals surface area contributed by atoms with E-state index in [1.54, 1.807) is 0 Å². The molecule has 3 N–H and O–H groups in total. The Morgan fingerprint density at radius 3 is 2.58 bits per heavy atom. The summed E-state index contributed by atoms with van der Waals surface area (Å²) in [5.74, 6) is 1.88. The van der Waals surface area contributed by atoms with Crippen molar-refractivity contribution in [2.45, 2.75) is 51.0 Å². The third-order valence-electron chi connectivity index (χ3n) is 7.85. The van der Waals surface area contributed by atoms with Crippen molar-refractivity contribution in [2.24, 2.45) is 17.8 Å². The zero-order valence-corrected chi connectivity index (χ0v) is 20.4. The molecule has 1 heterocycles. The summed E-state index contributed by atoms with van der Waals surface area (Å²) in [5.41, 5.74) is 4.04. The first-order valence-electron chi connectivity index (χ1n) is 13.2. The Kier molecular flexibility index (Phi) is 6.18. The number of anilines is 1. The van der Waals surface area contributed by atoms with Gasteiger partial charge in [-0.25, -0.2) is 4.98 Å². The van der Waals surface area contributed by atoms with E-state index in [1.807, 2.05) is 42.5 Å². The number of aromatic amines is 1. The van der Waals surface area contributed by atoms with E-state index < -0.39 is 0 Å². The van der Waals surface area contributed by atoms with Crippen molar-refractivity contribution in [1.29, 1.82) is 0 Å². The fourth-order valence-corrected chi connectivity index (χ4v) is 5.66. The Bertz CT molecular complexity index is 1330. The fourth-order valence-electron chi connectivity index (χ4n) is 5.66. The van der Waals surface area contributed by atoms with E-state index in [2.05, 4.69) is 39.9 Å². The van der Waals surface area contributed by atoms with Crippen LogP contribution in [-0.4, -0.2) is 27.8 Å². The van der Waals surface area contributed by atoms with Crippen LogP contribution in [0, 0.1) is 17.8 Å². The van der Waals surface area contributed by atoms with Gasteiger partial charge in [-0.2, -0.15) is 0 Å². The van der Waals surface area contributed by atoms with Crippen molar-refractivity contribution in [3.63, 3.8) is 0 Å². The normalized spacial score (nSPS) is 23.5. The van der Waals surface area contributed by atoms with Gasteiger partial charge >= 0.3 is 0 Å². The SMILES string of the molecule is O=C(NC1CCCCC1)c1ccc2nc(-c3ccc(NC(=O)C4CC4C4C=CC=CC4)cc3)[nH]c2c1. The molecule has 3 aliphatic rings. The Morgan fingerprint density at radius 2 is 1.81 bits per heavy atom. The highest BCUT2D eigenvalue weighted by Crippen LogP contribution is 2.47. The molecular weight excluding hydrogens is 448 g/mol. The predicted molar refractivity (Wildman–Crippen MR) is 142 cm³/mol. The molecule has 2 amide bonds. The van der Waals surface area contributed by atoms with E-state index in [1.165, 1.54) is 19.3 Å². The van der Waals surface area contributed by atoms with E-state index in [0.717, 1.165) is 53.8 Å². The number of aromatic nitrogens is 2. The van der Waals surface area contributed by atoms with Gasteiger partial charge in [0.15, 0.2) is 0 Å². The molecule has 1 aromatic heterocycles. The van der Waals surface area contributed by atoms with Crippen LogP contribution in [0.3, 0.4) is 0 Å². The number of rotatable bonds is 6. The zero-order chi connectivity index (χ0) is 24.5. The van der Waals surface area contributed by atoms with Crippen molar-refractivity contribution < 1.29 is 9.59 Å². The van der Waals surface area contributed by atoms with Crippen LogP contribution in [0.25, 0.3) is 22.4 Å². The number of fused-ring (bicyclic) bond motifs is 1. The van der Waals surface area contributed by atoms with Gasteiger partial charge in [-0.05, 0) is 80.0 Å². The molecule has 3 atom stereocenters. The van der Waals surface area contributed by atoms with Gasteiger partial charge in [0.1, 0.15) is 5.82 Å². The van der Waals surface area contributed by atoms with Crippen LogP contribution in [0.2, 0.25) is 0 Å². The molecule has 3 aromatic rings. The summed E-state index contributed by atoms with van der Waals surface area (Å²) in [6, 6.07) is 13.7. The lowest BCUT2D eigenvalue weighted by molar-refractivity contribution is -0.117. The number of imidazole rings is 1. The van der Waals surface area contributed by atoms with Gasteiger partial charge in [0.05, 0.1) is 11.0 Å². The zero-order valence-electron chi connectivity index (χ0n) is 20.4. The summed E-state index contributed by atoms with van der Waals surface area (Å²) in [4.78, 5) is 33.5. The average molecular weight is 481 g/mol. The molecule has 0 saturated heterocycles. The van der Waals surface area contributed by atoms with Crippen LogP contribution in [0.1, 0.15) is 55.3 Å². The Balaban J connectivity index is 1.09. The van der Waals surface area contributed by atoms with E-state index in [4.69, 9.17) is 4.98 Å². The monoisotopic (exact) mass is 480 g/mol. The number of nitrogens with zero attached hydrogens (tertiary/aromatic N) is 1. The van der Waals surface area contributed by atoms with E-state index in [-0.39, 0.29) is 23.8 Å². The number of nitrogens with one attached hydrogen (secondary N) is 3. The van der Waals surface area contributed by atoms with Gasteiger partial charge < -0.3 is 15.6 Å². The molecule has 0 bridgehead atoms. The van der Waals surface area contributed by atoms with Crippen molar-refractivity contribution in [3.8, 4) is 11.4 Å². The standard InChI is InChI=1S/C30H32N4O2/c35-29(31-22-9-5-2-6-10-22)21-13-16-26-27(17-21)34-28(33-26)20-11-14-23(15-12-20)32-30(36)25-18-24(25)19-7-3-1-4-8-19/h1,3-4,7,11-17,19,22,24-25H,2,5-6,8-10,18H2,(H,31,35)(H,32,36)(H,33,34). The summed E-state index contributed by atoms with van der Waals surface area (Å²) < 4.78 is 0. The maximum Gasteiger partial charge on any atom is 0.251 e. The third kappa shape index (κ3) is 4.85. The van der Waals surface area contributed by atoms with E-state index in [9.17, 15) is 9.59 Å². The van der Waals surface area contributed by atoms with Gasteiger partial charge in [0.2, 0.25) is 5.91 Å². The topological polar surface area (TPSA) is 86.9 Å². The molecule has 0 aliphatic heterocycles. The Morgan fingerprint density at radius 1 is 0.972 bits per heavy atom. The van der Waals surface area contributed by atoms with Crippen LogP contribution in [-0.2, 0) is 4.79 Å². The van der Waals surface area contributed by atoms with Gasteiger partial charge in [0, 0.05) is 28.8 Å². The number of amides is 2. The van der Waals surface area contributed by atoms with Crippen LogP contribution >= 0.6 is 0 Å². The molecule has 6 heteroatoms. The highest BCUT2D eigenvalue weighted by atomic mass is 16.2. The van der Waals surface area contributed by atoms with Crippen molar-refractivity contribution in [3.05, 3.63) is 72.3 Å². The minimum Gasteiger partial charge on any atom is -0.349 e. The predicted octanol–water partition coefficient (Wildman–Crippen LogP) is 6.00. The maximum atomic E-state index is 12.7. The lowest BCUT2D eigenvalue weighted by Gasteiger charge is -2.22. The van der Waals surface area contributed by atoms with E-state index in [0.29, 0.717) is 17.4 Å². The lowest BCUT2D eigenvalue weighted by Crippen LogP contribution is -2.36. The maximum absolute atomic E-state index is 12.7. The van der Waals surface area contributed by atoms with Crippen LogP contribution in [0.4, 0.5) is 5.69 Å². The summed E-state index contributed by atoms with van der Waals surface area (Å²) in [6.07, 6.45) is 16.3. The van der Waals surface area contributed by atoms with Crippen molar-refractivity contribution in [2.75, 3.05) is 5.32 Å². The highest BCUT2D eigenvalue weighted by Gasteiger charge is 2.46. The van der Waals surface area contributed by atoms with E-state index >= 15 is 0 Å². The minimum atomic E-state index is -0.0195. The third-order valence-corrected chi connectivity index (χ3v) is 7.85. The van der Waals surface area contributed by atoms with Gasteiger partial charge in [-0.15, -0.1) is 0 Å². The second-order valence-electron chi connectivity index (χ2n) is 10.4. The number of H-pyrrole nitrogens is 1. The molecule has 3 aliphatic carbocycles. The smallest absolute Gasteiger partial charge is 0.251 e. The van der Waals surface area contributed by atoms with Gasteiger partial charge in [0.25, 0.3) is 5.91 Å². The molecule has 2 fully saturated rings. The van der Waals surface area contributed by atoms with Crippen molar-refractivity contribution in [1.82, 2.24) is 15.3 Å². The molecule has 184 valence electrons. The Labute approximate surface area is 211 Å². The first kappa shape index (κ1) is 22.8. The summed E-state index contributed by atoms with van der Waals surface area (Å²) in [5, 5.41) is 6.26. The number of carbonyl (C=O) groups is 2. The van der Waals surface area contributed by atoms with Crippen LogP contribution in [0.15, 0.2) is 66.8 Å². The van der Waals surface area contributed by atoms with Gasteiger partial charge in [-0.1, -0.05) is 43.6 Å². The molecule has 2 aromatic carbocycles. The summed E-state index contributed by atoms with van der Waals surface area (Å²) >= 11 is 0. The number of carbonyl (C=O) groups excluding carboxylic acids is 2. The molecule has 0 radical (unpaired) electrons. The number of allylic oxidation sites excluding steroid dienone is 4. The summed E-state index contributed by atoms with van der Waals surface area (Å²) in [6.45, 7) is 0. The largest absolute Gasteiger partial charge is 0.349 e. The molecule has 3 unspecified atom stereocenters. The molecule has 6 rings (SSSR count). The van der Waals surface area contributed by atoms with Gasteiger partial charge in [-0.3, -0.25) is 9.59 Å². The quantitative estimate of drug-likeness (QED) is 0.404. The molecular formula is C30H32N4O2. The number of hydrogen-bond acceptors (Lipinski definition) is 3. The average Bonchev–Trinajstić information content (AvgIpc) is 3.61. The first-order chi connectivity index (χ1) is 17.6. The summed E-state index contributed by atoms with van der Waals surface area (Å²) in [7, 11) is 0. The molecule has 6 nitrogen and oxygen atoms in total. The highest BCUT2D eigenvalue weighted by molar-refractivity contribution is 5.98. The first-order valence-corrected chi connectivity index (χ1v) is 13.2. The van der Waals surface area contributed by atoms with Crippen molar-refractivity contribution >= 4 is 28.5 Å². The molecule has 36 heavy (non-hydrogen) atoms. The Hall–Kier alpha value is -3.67.